The summed E-state index contributed by atoms with van der Waals surface area (Å²) in [6.45, 7) is 0. The predicted molar refractivity (Wildman–Crippen MR) is 36.8 cm³/mol. The summed E-state index contributed by atoms with van der Waals surface area (Å²) in [5, 5.41) is 18.1. The van der Waals surface area contributed by atoms with Gasteiger partial charge in [-0.15, -0.1) is 0 Å². The van der Waals surface area contributed by atoms with Crippen LogP contribution in [0.5, 0.6) is 6.08 Å². The summed E-state index contributed by atoms with van der Waals surface area (Å²) in [6.07, 6.45) is 2.96. The van der Waals surface area contributed by atoms with Crippen molar-refractivity contribution in [1.29, 1.82) is 0 Å². The number of hydrogen-bond acceptors (Lipinski definition) is 4. The number of aliphatic hydroxyl groups excluding tert-OH is 1. The lowest BCUT2D eigenvalue weighted by Gasteiger charge is -2.07. The van der Waals surface area contributed by atoms with Crippen LogP contribution in [-0.2, 0) is 0 Å². The molecule has 2 N–H and O–H groups in total. The third-order valence-electron chi connectivity index (χ3n) is 1.61. The maximum absolute atomic E-state index is 9.29. The van der Waals surface area contributed by atoms with Crippen LogP contribution in [0.3, 0.4) is 0 Å². The van der Waals surface area contributed by atoms with Gasteiger partial charge in [0.25, 0.3) is 0 Å². The molecule has 1 atom stereocenters. The molecule has 1 aliphatic carbocycles. The minimum Gasteiger partial charge on any atom is -0.466 e. The van der Waals surface area contributed by atoms with Gasteiger partial charge in [0.1, 0.15) is 11.8 Å². The first-order valence-electron chi connectivity index (χ1n) is 3.31. The molecule has 4 nitrogen and oxygen atoms in total. The van der Waals surface area contributed by atoms with E-state index in [1.165, 1.54) is 0 Å². The van der Waals surface area contributed by atoms with E-state index >= 15 is 0 Å². The largest absolute Gasteiger partial charge is 0.466 e. The van der Waals surface area contributed by atoms with Crippen molar-refractivity contribution in [3.8, 4) is 6.08 Å². The first kappa shape index (κ1) is 6.42. The molecule has 1 aliphatic rings. The summed E-state index contributed by atoms with van der Waals surface area (Å²) in [6, 6.07) is 0. The van der Waals surface area contributed by atoms with Gasteiger partial charge in [0.15, 0.2) is 5.76 Å². The molecule has 58 valence electrons. The summed E-state index contributed by atoms with van der Waals surface area (Å²) >= 11 is 0. The average molecular weight is 153 g/mol. The second-order valence-electron chi connectivity index (χ2n) is 2.40. The first-order valence-corrected chi connectivity index (χ1v) is 3.31. The summed E-state index contributed by atoms with van der Waals surface area (Å²) < 4.78 is 4.77. The molecule has 0 saturated heterocycles. The molecule has 1 aromatic rings. The average Bonchev–Trinajstić information content (AvgIpc) is 2.31. The highest BCUT2D eigenvalue weighted by atomic mass is 16.5. The van der Waals surface area contributed by atoms with E-state index in [2.05, 4.69) is 4.98 Å². The molecular weight excluding hydrogens is 146 g/mol. The summed E-state index contributed by atoms with van der Waals surface area (Å²) in [5.74, 6) is 0.446. The molecule has 1 aromatic heterocycles. The topological polar surface area (TPSA) is 66.5 Å². The smallest absolute Gasteiger partial charge is 0.391 e. The Morgan fingerprint density at radius 3 is 3.18 bits per heavy atom. The standard InChI is InChI=1S/C7H7NO3/c9-4-2-1-3-5-6(4)8-7(10)11-5/h1,3-4,9H,2H2,(H,8,10). The minimum atomic E-state index is -0.639. The molecule has 1 unspecified atom stereocenters. The van der Waals surface area contributed by atoms with Crippen molar-refractivity contribution in [2.45, 2.75) is 12.5 Å². The Morgan fingerprint density at radius 2 is 2.45 bits per heavy atom. The number of rotatable bonds is 0. The number of aliphatic hydroxyl groups is 1. The fourth-order valence-corrected chi connectivity index (χ4v) is 1.11. The summed E-state index contributed by atoms with van der Waals surface area (Å²) in [7, 11) is 0. The van der Waals surface area contributed by atoms with E-state index in [9.17, 15) is 5.11 Å². The van der Waals surface area contributed by atoms with Gasteiger partial charge >= 0.3 is 6.08 Å². The van der Waals surface area contributed by atoms with Gasteiger partial charge in [0.2, 0.25) is 0 Å². The number of hydrogen-bond donors (Lipinski definition) is 2. The number of aromatic hydroxyl groups is 1. The van der Waals surface area contributed by atoms with Crippen molar-refractivity contribution in [1.82, 2.24) is 4.98 Å². The molecule has 2 rings (SSSR count). The quantitative estimate of drug-likeness (QED) is 0.579. The number of fused-ring (bicyclic) bond motifs is 1. The molecular formula is C7H7NO3. The van der Waals surface area contributed by atoms with Crippen LogP contribution in [0.1, 0.15) is 24.0 Å². The van der Waals surface area contributed by atoms with E-state index in [1.54, 1.807) is 12.2 Å². The molecule has 0 saturated carbocycles. The van der Waals surface area contributed by atoms with Gasteiger partial charge in [-0.2, -0.15) is 4.98 Å². The van der Waals surface area contributed by atoms with E-state index in [4.69, 9.17) is 9.52 Å². The highest BCUT2D eigenvalue weighted by molar-refractivity contribution is 5.49. The van der Waals surface area contributed by atoms with Gasteiger partial charge in [-0.25, -0.2) is 0 Å². The van der Waals surface area contributed by atoms with Crippen molar-refractivity contribution >= 4 is 6.08 Å². The number of aromatic nitrogens is 1. The second kappa shape index (κ2) is 2.10. The lowest BCUT2D eigenvalue weighted by molar-refractivity contribution is 0.174. The zero-order chi connectivity index (χ0) is 7.84. The predicted octanol–water partition coefficient (Wildman–Crippen LogP) is 0.831. The molecule has 0 bridgehead atoms. The lowest BCUT2D eigenvalue weighted by Crippen LogP contribution is -2.01. The maximum Gasteiger partial charge on any atom is 0.391 e. The molecule has 0 amide bonds. The van der Waals surface area contributed by atoms with Crippen molar-refractivity contribution in [3.63, 3.8) is 0 Å². The first-order chi connectivity index (χ1) is 5.27. The van der Waals surface area contributed by atoms with Crippen LogP contribution < -0.4 is 0 Å². The Balaban J connectivity index is 2.53. The van der Waals surface area contributed by atoms with Crippen LogP contribution in [0.2, 0.25) is 0 Å². The van der Waals surface area contributed by atoms with Gasteiger partial charge in [-0.05, 0) is 12.5 Å². The third-order valence-corrected chi connectivity index (χ3v) is 1.61. The molecule has 11 heavy (non-hydrogen) atoms. The molecule has 0 spiro atoms. The fraction of sp³-hybridized carbons (Fsp3) is 0.286. The second-order valence-corrected chi connectivity index (χ2v) is 2.40. The van der Waals surface area contributed by atoms with Crippen molar-refractivity contribution in [3.05, 3.63) is 17.5 Å². The van der Waals surface area contributed by atoms with Crippen LogP contribution in [0, 0.1) is 0 Å². The van der Waals surface area contributed by atoms with Gasteiger partial charge in [0, 0.05) is 0 Å². The van der Waals surface area contributed by atoms with Crippen LogP contribution in [0.25, 0.3) is 6.08 Å². The molecule has 0 aromatic carbocycles. The highest BCUT2D eigenvalue weighted by Gasteiger charge is 2.20. The third kappa shape index (κ3) is 0.914. The van der Waals surface area contributed by atoms with E-state index in [0.717, 1.165) is 0 Å². The number of nitrogens with zero attached hydrogens (tertiary/aromatic N) is 1. The zero-order valence-corrected chi connectivity index (χ0v) is 5.69. The zero-order valence-electron chi connectivity index (χ0n) is 5.69. The van der Waals surface area contributed by atoms with Gasteiger partial charge in [-0.3, -0.25) is 0 Å². The molecule has 0 radical (unpaired) electrons. The normalized spacial score (nSPS) is 21.7. The Bertz CT molecular complexity index is 303. The Hall–Kier alpha value is -1.29. The fourth-order valence-electron chi connectivity index (χ4n) is 1.11. The van der Waals surface area contributed by atoms with Crippen molar-refractivity contribution < 1.29 is 14.6 Å². The molecule has 0 fully saturated rings. The van der Waals surface area contributed by atoms with Crippen LogP contribution >= 0.6 is 0 Å². The van der Waals surface area contributed by atoms with Crippen LogP contribution in [-0.4, -0.2) is 15.2 Å². The molecule has 1 heterocycles. The Labute approximate surface area is 62.8 Å². The van der Waals surface area contributed by atoms with Gasteiger partial charge in [-0.1, -0.05) is 6.08 Å². The minimum absolute atomic E-state index is 0.388. The Morgan fingerprint density at radius 1 is 1.64 bits per heavy atom. The van der Waals surface area contributed by atoms with E-state index < -0.39 is 6.10 Å². The summed E-state index contributed by atoms with van der Waals surface area (Å²) in [5.41, 5.74) is 0.421. The maximum atomic E-state index is 9.29. The monoisotopic (exact) mass is 153 g/mol. The number of oxazole rings is 1. The van der Waals surface area contributed by atoms with Crippen LogP contribution in [0.15, 0.2) is 10.5 Å². The van der Waals surface area contributed by atoms with Crippen molar-refractivity contribution in [2.75, 3.05) is 0 Å². The van der Waals surface area contributed by atoms with E-state index in [-0.39, 0.29) is 6.08 Å². The molecule has 4 heteroatoms. The van der Waals surface area contributed by atoms with Gasteiger partial charge in [0.05, 0.1) is 0 Å². The van der Waals surface area contributed by atoms with Crippen LogP contribution in [0.4, 0.5) is 0 Å². The van der Waals surface area contributed by atoms with Crippen molar-refractivity contribution in [2.24, 2.45) is 0 Å². The van der Waals surface area contributed by atoms with Gasteiger partial charge < -0.3 is 14.6 Å². The lowest BCUT2D eigenvalue weighted by atomic mass is 10.1. The van der Waals surface area contributed by atoms with E-state index in [0.29, 0.717) is 17.9 Å². The van der Waals surface area contributed by atoms with E-state index in [1.807, 2.05) is 0 Å². The SMILES string of the molecule is Oc1nc2c(o1)C=CCC2O. The molecule has 0 aliphatic heterocycles. The highest BCUT2D eigenvalue weighted by Crippen LogP contribution is 2.29. The Kier molecular flexibility index (Phi) is 1.22. The summed E-state index contributed by atoms with van der Waals surface area (Å²) in [4.78, 5) is 3.62.